The first-order valence-electron chi connectivity index (χ1n) is 9.25. The minimum Gasteiger partial charge on any atom is -0.401 e. The molecule has 0 heterocycles. The summed E-state index contributed by atoms with van der Waals surface area (Å²) in [5.74, 6) is 0. The van der Waals surface area contributed by atoms with Crippen LogP contribution >= 0.6 is 0 Å². The van der Waals surface area contributed by atoms with E-state index in [0.29, 0.717) is 6.42 Å². The monoisotopic (exact) mass is 372 g/mol. The molecule has 2 N–H and O–H groups in total. The second kappa shape index (κ2) is 8.05. The van der Waals surface area contributed by atoms with Crippen LogP contribution in [0.3, 0.4) is 0 Å². The lowest BCUT2D eigenvalue weighted by atomic mass is 10.00. The SMILES string of the molecule is CC(C)(O)[C@@H](CCO)O[Si](c1ccccc1)(c1ccccc1)C(C)(C)C. The number of aliphatic hydroxyl groups is 2. The summed E-state index contributed by atoms with van der Waals surface area (Å²) < 4.78 is 6.91. The van der Waals surface area contributed by atoms with E-state index in [4.69, 9.17) is 4.43 Å². The van der Waals surface area contributed by atoms with Crippen LogP contribution in [0.4, 0.5) is 0 Å². The number of hydrogen-bond acceptors (Lipinski definition) is 3. The zero-order valence-corrected chi connectivity index (χ0v) is 17.6. The van der Waals surface area contributed by atoms with Crippen molar-refractivity contribution in [3.63, 3.8) is 0 Å². The van der Waals surface area contributed by atoms with Crippen molar-refractivity contribution in [1.29, 1.82) is 0 Å². The van der Waals surface area contributed by atoms with Gasteiger partial charge in [-0.2, -0.15) is 0 Å². The maximum atomic E-state index is 10.7. The van der Waals surface area contributed by atoms with Crippen LogP contribution in [0.15, 0.2) is 60.7 Å². The summed E-state index contributed by atoms with van der Waals surface area (Å²) in [4.78, 5) is 0. The van der Waals surface area contributed by atoms with Gasteiger partial charge in [0.1, 0.15) is 0 Å². The average Bonchev–Trinajstić information content (AvgIpc) is 2.58. The summed E-state index contributed by atoms with van der Waals surface area (Å²) in [5.41, 5.74) is -1.05. The van der Waals surface area contributed by atoms with Crippen LogP contribution in [0.2, 0.25) is 5.04 Å². The lowest BCUT2D eigenvalue weighted by molar-refractivity contribution is -0.0479. The molecule has 142 valence electrons. The van der Waals surface area contributed by atoms with Crippen molar-refractivity contribution in [3.8, 4) is 0 Å². The first-order valence-corrected chi connectivity index (χ1v) is 11.2. The number of aliphatic hydroxyl groups excluding tert-OH is 1. The highest BCUT2D eigenvalue weighted by Crippen LogP contribution is 2.39. The average molecular weight is 373 g/mol. The zero-order chi connectivity index (χ0) is 19.4. The van der Waals surface area contributed by atoms with Crippen molar-refractivity contribution in [2.75, 3.05) is 6.61 Å². The second-order valence-corrected chi connectivity index (χ2v) is 12.7. The summed E-state index contributed by atoms with van der Waals surface area (Å²) in [6.07, 6.45) is -0.0626. The van der Waals surface area contributed by atoms with E-state index in [2.05, 4.69) is 45.0 Å². The molecule has 0 fully saturated rings. The molecule has 26 heavy (non-hydrogen) atoms. The predicted octanol–water partition coefficient (Wildman–Crippen LogP) is 3.08. The lowest BCUT2D eigenvalue weighted by Gasteiger charge is -2.47. The van der Waals surface area contributed by atoms with Crippen molar-refractivity contribution >= 4 is 18.7 Å². The Bertz CT molecular complexity index is 633. The van der Waals surface area contributed by atoms with E-state index in [1.807, 2.05) is 36.4 Å². The largest absolute Gasteiger partial charge is 0.401 e. The smallest absolute Gasteiger partial charge is 0.261 e. The van der Waals surface area contributed by atoms with E-state index >= 15 is 0 Å². The van der Waals surface area contributed by atoms with Gasteiger partial charge in [-0.05, 0) is 35.7 Å². The molecule has 3 nitrogen and oxygen atoms in total. The van der Waals surface area contributed by atoms with E-state index in [-0.39, 0.29) is 11.6 Å². The van der Waals surface area contributed by atoms with Crippen LogP contribution in [0, 0.1) is 0 Å². The maximum Gasteiger partial charge on any atom is 0.261 e. The summed E-state index contributed by atoms with van der Waals surface area (Å²) in [7, 11) is -2.73. The zero-order valence-electron chi connectivity index (χ0n) is 16.6. The van der Waals surface area contributed by atoms with Crippen molar-refractivity contribution in [1.82, 2.24) is 0 Å². The minimum atomic E-state index is -2.73. The quantitative estimate of drug-likeness (QED) is 0.735. The molecule has 0 amide bonds. The first-order chi connectivity index (χ1) is 12.1. The Kier molecular flexibility index (Phi) is 6.45. The van der Waals surface area contributed by atoms with Gasteiger partial charge in [-0.3, -0.25) is 0 Å². The van der Waals surface area contributed by atoms with E-state index < -0.39 is 20.0 Å². The van der Waals surface area contributed by atoms with E-state index in [9.17, 15) is 10.2 Å². The van der Waals surface area contributed by atoms with Crippen LogP contribution in [-0.2, 0) is 4.43 Å². The van der Waals surface area contributed by atoms with Crippen LogP contribution in [0.1, 0.15) is 41.0 Å². The Morgan fingerprint density at radius 2 is 1.27 bits per heavy atom. The fraction of sp³-hybridized carbons (Fsp3) is 0.455. The molecule has 0 saturated carbocycles. The first kappa shape index (κ1) is 20.8. The molecule has 0 aliphatic carbocycles. The van der Waals surface area contributed by atoms with Gasteiger partial charge < -0.3 is 14.6 Å². The topological polar surface area (TPSA) is 49.7 Å². The van der Waals surface area contributed by atoms with Gasteiger partial charge in [0.25, 0.3) is 8.32 Å². The van der Waals surface area contributed by atoms with E-state index in [1.165, 1.54) is 10.4 Å². The van der Waals surface area contributed by atoms with Gasteiger partial charge in [0.05, 0.1) is 11.7 Å². The van der Waals surface area contributed by atoms with Gasteiger partial charge >= 0.3 is 0 Å². The lowest BCUT2D eigenvalue weighted by Crippen LogP contribution is -2.69. The predicted molar refractivity (Wildman–Crippen MR) is 110 cm³/mol. The molecule has 2 aromatic rings. The fourth-order valence-electron chi connectivity index (χ4n) is 3.58. The van der Waals surface area contributed by atoms with Crippen molar-refractivity contribution in [3.05, 3.63) is 60.7 Å². The van der Waals surface area contributed by atoms with Crippen LogP contribution in [0.25, 0.3) is 0 Å². The van der Waals surface area contributed by atoms with Gasteiger partial charge in [0.15, 0.2) is 0 Å². The highest BCUT2D eigenvalue weighted by Gasteiger charge is 2.52. The third kappa shape index (κ3) is 4.26. The molecule has 2 rings (SSSR count). The van der Waals surface area contributed by atoms with Gasteiger partial charge in [-0.15, -0.1) is 0 Å². The molecule has 0 aromatic heterocycles. The summed E-state index contributed by atoms with van der Waals surface area (Å²) in [5, 5.41) is 22.5. The summed E-state index contributed by atoms with van der Waals surface area (Å²) in [6.45, 7) is 10.1. The molecule has 0 spiro atoms. The van der Waals surface area contributed by atoms with Crippen molar-refractivity contribution in [2.24, 2.45) is 0 Å². The van der Waals surface area contributed by atoms with Crippen LogP contribution in [0.5, 0.6) is 0 Å². The maximum absolute atomic E-state index is 10.7. The Balaban J connectivity index is 2.71. The van der Waals surface area contributed by atoms with E-state index in [1.54, 1.807) is 13.8 Å². The standard InChI is InChI=1S/C22H32O3Si/c1-21(2,3)26(18-12-8-6-9-13-18,19-14-10-7-11-15-19)25-20(16-17-23)22(4,5)24/h6-15,20,23-24H,16-17H2,1-5H3/t20-/m1/s1. The molecule has 0 saturated heterocycles. The molecule has 4 heteroatoms. The number of hydrogen-bond donors (Lipinski definition) is 2. The van der Waals surface area contributed by atoms with Crippen molar-refractivity contribution < 1.29 is 14.6 Å². The Morgan fingerprint density at radius 1 is 0.846 bits per heavy atom. The fourth-order valence-corrected chi connectivity index (χ4v) is 8.43. The van der Waals surface area contributed by atoms with Gasteiger partial charge in [0.2, 0.25) is 0 Å². The van der Waals surface area contributed by atoms with Crippen molar-refractivity contribution in [2.45, 2.75) is 57.8 Å². The molecule has 0 unspecified atom stereocenters. The Morgan fingerprint density at radius 3 is 1.58 bits per heavy atom. The highest BCUT2D eigenvalue weighted by molar-refractivity contribution is 6.99. The van der Waals surface area contributed by atoms with Crippen LogP contribution < -0.4 is 10.4 Å². The van der Waals surface area contributed by atoms with E-state index in [0.717, 1.165) is 0 Å². The normalized spacial score (nSPS) is 14.3. The summed E-state index contributed by atoms with van der Waals surface area (Å²) in [6, 6.07) is 20.7. The molecule has 0 bridgehead atoms. The molecule has 0 aliphatic rings. The molecule has 0 aliphatic heterocycles. The third-order valence-corrected chi connectivity index (χ3v) is 9.96. The molecular formula is C22H32O3Si. The molecular weight excluding hydrogens is 340 g/mol. The molecule has 0 radical (unpaired) electrons. The molecule has 2 aromatic carbocycles. The second-order valence-electron chi connectivity index (χ2n) is 8.44. The number of rotatable bonds is 7. The summed E-state index contributed by atoms with van der Waals surface area (Å²) >= 11 is 0. The highest BCUT2D eigenvalue weighted by atomic mass is 28.4. The minimum absolute atomic E-state index is 0.0210. The molecule has 1 atom stereocenters. The van der Waals surface area contributed by atoms with Gasteiger partial charge in [-0.1, -0.05) is 81.4 Å². The van der Waals surface area contributed by atoms with Crippen LogP contribution in [-0.4, -0.2) is 36.8 Å². The number of benzene rings is 2. The Labute approximate surface area is 158 Å². The van der Waals surface area contributed by atoms with Gasteiger partial charge in [-0.25, -0.2) is 0 Å². The third-order valence-electron chi connectivity index (χ3n) is 4.92. The van der Waals surface area contributed by atoms with Gasteiger partial charge in [0, 0.05) is 6.61 Å². The Hall–Kier alpha value is -1.46.